The molecule has 0 spiro atoms. The van der Waals surface area contributed by atoms with Crippen molar-refractivity contribution in [2.75, 3.05) is 39.8 Å². The number of piperazine rings is 1. The Hall–Kier alpha value is -2.25. The second kappa shape index (κ2) is 10.0. The van der Waals surface area contributed by atoms with Gasteiger partial charge in [-0.2, -0.15) is 0 Å². The summed E-state index contributed by atoms with van der Waals surface area (Å²) in [5, 5.41) is 7.52. The lowest BCUT2D eigenvalue weighted by Crippen LogP contribution is -2.53. The van der Waals surface area contributed by atoms with Gasteiger partial charge in [-0.3, -0.25) is 4.99 Å². The summed E-state index contributed by atoms with van der Waals surface area (Å²) in [4.78, 5) is 20.0. The van der Waals surface area contributed by atoms with Crippen LogP contribution in [0.3, 0.4) is 0 Å². The van der Waals surface area contributed by atoms with Gasteiger partial charge in [-0.15, -0.1) is 0 Å². The predicted octanol–water partition coefficient (Wildman–Crippen LogP) is 2.43. The van der Waals surface area contributed by atoms with E-state index >= 15 is 0 Å². The Labute approximate surface area is 155 Å². The molecule has 1 aliphatic heterocycles. The first kappa shape index (κ1) is 20.1. The van der Waals surface area contributed by atoms with Gasteiger partial charge < -0.3 is 24.4 Å². The van der Waals surface area contributed by atoms with Gasteiger partial charge in [-0.1, -0.05) is 19.0 Å². The third kappa shape index (κ3) is 5.12. The van der Waals surface area contributed by atoms with Crippen molar-refractivity contribution in [2.24, 2.45) is 4.99 Å². The number of hydrogen-bond acceptors (Lipinski definition) is 5. The number of aromatic nitrogens is 1. The molecule has 1 fully saturated rings. The predicted molar refractivity (Wildman–Crippen MR) is 100 cm³/mol. The van der Waals surface area contributed by atoms with Crippen LogP contribution in [-0.4, -0.2) is 66.8 Å². The molecular weight excluding hydrogens is 334 g/mol. The number of amides is 1. The number of nitrogens with zero attached hydrogens (tertiary/aromatic N) is 4. The van der Waals surface area contributed by atoms with E-state index in [0.717, 1.165) is 30.3 Å². The molecule has 0 aromatic carbocycles. The molecule has 8 nitrogen and oxygen atoms in total. The highest BCUT2D eigenvalue weighted by Gasteiger charge is 2.24. The summed E-state index contributed by atoms with van der Waals surface area (Å²) in [7, 11) is 1.76. The van der Waals surface area contributed by atoms with Crippen LogP contribution in [0.25, 0.3) is 0 Å². The molecule has 146 valence electrons. The number of guanidine groups is 1. The third-order valence-corrected chi connectivity index (χ3v) is 4.72. The number of nitrogens with one attached hydrogen (secondary N) is 1. The summed E-state index contributed by atoms with van der Waals surface area (Å²) in [6, 6.07) is 2.02. The van der Waals surface area contributed by atoms with E-state index in [2.05, 4.69) is 34.2 Å². The number of hydrogen-bond donors (Lipinski definition) is 1. The number of rotatable bonds is 6. The van der Waals surface area contributed by atoms with Gasteiger partial charge in [0.05, 0.1) is 18.8 Å². The summed E-state index contributed by atoms with van der Waals surface area (Å²) in [6.07, 6.45) is 1.87. The molecule has 1 N–H and O–H groups in total. The third-order valence-electron chi connectivity index (χ3n) is 4.72. The molecule has 2 heterocycles. The summed E-state index contributed by atoms with van der Waals surface area (Å²) >= 11 is 0. The smallest absolute Gasteiger partial charge is 0.409 e. The Morgan fingerprint density at radius 2 is 1.92 bits per heavy atom. The molecule has 1 amide bonds. The first-order chi connectivity index (χ1) is 12.6. The van der Waals surface area contributed by atoms with Gasteiger partial charge in [-0.25, -0.2) is 4.79 Å². The van der Waals surface area contributed by atoms with Gasteiger partial charge in [0.2, 0.25) is 0 Å². The maximum atomic E-state index is 11.8. The highest BCUT2D eigenvalue weighted by molar-refractivity contribution is 5.80. The Kier molecular flexibility index (Phi) is 7.74. The van der Waals surface area contributed by atoms with Crippen molar-refractivity contribution in [3.05, 3.63) is 17.5 Å². The molecular formula is C18H31N5O3. The van der Waals surface area contributed by atoms with Crippen molar-refractivity contribution in [1.82, 2.24) is 20.3 Å². The molecule has 0 unspecified atom stereocenters. The largest absolute Gasteiger partial charge is 0.450 e. The van der Waals surface area contributed by atoms with Crippen molar-refractivity contribution < 1.29 is 14.1 Å². The zero-order valence-corrected chi connectivity index (χ0v) is 16.3. The summed E-state index contributed by atoms with van der Waals surface area (Å²) in [5.41, 5.74) is 1.02. The molecule has 8 heteroatoms. The zero-order chi connectivity index (χ0) is 18.9. The molecule has 26 heavy (non-hydrogen) atoms. The molecule has 1 saturated heterocycles. The maximum Gasteiger partial charge on any atom is 0.409 e. The fraction of sp³-hybridized carbons (Fsp3) is 0.722. The minimum absolute atomic E-state index is 0.245. The summed E-state index contributed by atoms with van der Waals surface area (Å²) in [6.45, 7) is 9.77. The van der Waals surface area contributed by atoms with Crippen LogP contribution in [-0.2, 0) is 11.3 Å². The van der Waals surface area contributed by atoms with Gasteiger partial charge in [0.15, 0.2) is 11.7 Å². The van der Waals surface area contributed by atoms with E-state index in [1.54, 1.807) is 11.9 Å². The van der Waals surface area contributed by atoms with Gasteiger partial charge in [-0.05, 0) is 19.8 Å². The molecule has 1 aromatic heterocycles. The zero-order valence-electron chi connectivity index (χ0n) is 16.3. The lowest BCUT2D eigenvalue weighted by Gasteiger charge is -2.35. The topological polar surface area (TPSA) is 83.2 Å². The van der Waals surface area contributed by atoms with E-state index in [9.17, 15) is 4.79 Å². The van der Waals surface area contributed by atoms with Gasteiger partial charge in [0.25, 0.3) is 0 Å². The SMILES string of the molecule is CCOC(=O)N1CCN(C(=NC)NCc2cc(C(CC)CC)no2)CC1. The Balaban J connectivity index is 1.84. The number of ether oxygens (including phenoxy) is 1. The highest BCUT2D eigenvalue weighted by Crippen LogP contribution is 2.22. The normalized spacial score (nSPS) is 15.5. The van der Waals surface area contributed by atoms with Crippen LogP contribution in [0.15, 0.2) is 15.6 Å². The number of aliphatic imine (C=N–C) groups is 1. The fourth-order valence-electron chi connectivity index (χ4n) is 3.13. The van der Waals surface area contributed by atoms with Gasteiger partial charge in [0.1, 0.15) is 0 Å². The van der Waals surface area contributed by atoms with Crippen LogP contribution >= 0.6 is 0 Å². The average Bonchev–Trinajstić information content (AvgIpc) is 3.13. The summed E-state index contributed by atoms with van der Waals surface area (Å²) < 4.78 is 10.5. The van der Waals surface area contributed by atoms with Crippen LogP contribution in [0.1, 0.15) is 51.0 Å². The van der Waals surface area contributed by atoms with Crippen LogP contribution in [0.5, 0.6) is 0 Å². The van der Waals surface area contributed by atoms with Crippen LogP contribution in [0, 0.1) is 0 Å². The minimum Gasteiger partial charge on any atom is -0.450 e. The molecule has 2 rings (SSSR count). The highest BCUT2D eigenvalue weighted by atomic mass is 16.6. The Morgan fingerprint density at radius 3 is 2.50 bits per heavy atom. The van der Waals surface area contributed by atoms with Crippen LogP contribution < -0.4 is 5.32 Å². The first-order valence-corrected chi connectivity index (χ1v) is 9.45. The minimum atomic E-state index is -0.245. The lowest BCUT2D eigenvalue weighted by atomic mass is 9.99. The average molecular weight is 365 g/mol. The Morgan fingerprint density at radius 1 is 1.27 bits per heavy atom. The molecule has 1 aromatic rings. The molecule has 0 saturated carbocycles. The lowest BCUT2D eigenvalue weighted by molar-refractivity contribution is 0.0914. The van der Waals surface area contributed by atoms with Crippen molar-refractivity contribution in [2.45, 2.75) is 46.1 Å². The Bertz CT molecular complexity index is 589. The first-order valence-electron chi connectivity index (χ1n) is 9.45. The van der Waals surface area contributed by atoms with E-state index in [4.69, 9.17) is 9.26 Å². The maximum absolute atomic E-state index is 11.8. The van der Waals surface area contributed by atoms with Gasteiger partial charge >= 0.3 is 6.09 Å². The number of carbonyl (C=O) groups is 1. The van der Waals surface area contributed by atoms with E-state index in [1.807, 2.05) is 13.0 Å². The molecule has 0 bridgehead atoms. The van der Waals surface area contributed by atoms with Crippen molar-refractivity contribution in [1.29, 1.82) is 0 Å². The molecule has 1 aliphatic rings. The van der Waals surface area contributed by atoms with E-state index in [-0.39, 0.29) is 6.09 Å². The van der Waals surface area contributed by atoms with Crippen molar-refractivity contribution in [3.63, 3.8) is 0 Å². The second-order valence-corrected chi connectivity index (χ2v) is 6.31. The quantitative estimate of drug-likeness (QED) is 0.616. The van der Waals surface area contributed by atoms with Gasteiger partial charge in [0, 0.05) is 45.2 Å². The standard InChI is InChI=1S/C18H31N5O3/c1-5-14(6-2)16-12-15(26-21-16)13-20-17(19-4)22-8-10-23(11-9-22)18(24)25-7-3/h12,14H,5-11,13H2,1-4H3,(H,19,20). The van der Waals surface area contributed by atoms with Crippen molar-refractivity contribution >= 4 is 12.1 Å². The second-order valence-electron chi connectivity index (χ2n) is 6.31. The van der Waals surface area contributed by atoms with Crippen molar-refractivity contribution in [3.8, 4) is 0 Å². The van der Waals surface area contributed by atoms with E-state index < -0.39 is 0 Å². The molecule has 0 atom stereocenters. The van der Waals surface area contributed by atoms with E-state index in [1.165, 1.54) is 0 Å². The molecule has 0 aliphatic carbocycles. The van der Waals surface area contributed by atoms with Crippen LogP contribution in [0.2, 0.25) is 0 Å². The van der Waals surface area contributed by atoms with Crippen LogP contribution in [0.4, 0.5) is 4.79 Å². The summed E-state index contributed by atoms with van der Waals surface area (Å²) in [5.74, 6) is 2.05. The van der Waals surface area contributed by atoms with E-state index in [0.29, 0.717) is 45.2 Å². The fourth-order valence-corrected chi connectivity index (χ4v) is 3.13. The monoisotopic (exact) mass is 365 g/mol. The number of carbonyl (C=O) groups excluding carboxylic acids is 1. The molecule has 0 radical (unpaired) electrons.